The lowest BCUT2D eigenvalue weighted by Gasteiger charge is -2.21. The van der Waals surface area contributed by atoms with Crippen LogP contribution in [0.3, 0.4) is 0 Å². The second kappa shape index (κ2) is 7.60. The zero-order valence-electron chi connectivity index (χ0n) is 12.7. The first kappa shape index (κ1) is 16.8. The van der Waals surface area contributed by atoms with Crippen LogP contribution in [0.5, 0.6) is 0 Å². The molecule has 1 aliphatic rings. The predicted octanol–water partition coefficient (Wildman–Crippen LogP) is 1.07. The quantitative estimate of drug-likeness (QED) is 0.639. The van der Waals surface area contributed by atoms with Crippen LogP contribution in [0.1, 0.15) is 31.2 Å². The Morgan fingerprint density at radius 1 is 1.09 bits per heavy atom. The van der Waals surface area contributed by atoms with Crippen molar-refractivity contribution < 1.29 is 8.42 Å². The summed E-state index contributed by atoms with van der Waals surface area (Å²) in [5.74, 6) is 0.614. The summed E-state index contributed by atoms with van der Waals surface area (Å²) in [5, 5.41) is 5.07. The fourth-order valence-corrected chi connectivity index (χ4v) is 3.06. The highest BCUT2D eigenvalue weighted by molar-refractivity contribution is 7.89. The van der Waals surface area contributed by atoms with E-state index in [9.17, 15) is 8.42 Å². The molecular formula is C15H24N4O2S. The van der Waals surface area contributed by atoms with E-state index in [1.807, 2.05) is 0 Å². The third kappa shape index (κ3) is 4.99. The highest BCUT2D eigenvalue weighted by Crippen LogP contribution is 2.10. The van der Waals surface area contributed by atoms with Gasteiger partial charge in [-0.25, -0.2) is 13.6 Å². The van der Waals surface area contributed by atoms with Gasteiger partial charge >= 0.3 is 0 Å². The van der Waals surface area contributed by atoms with Crippen LogP contribution in [0.4, 0.5) is 0 Å². The van der Waals surface area contributed by atoms with Crippen molar-refractivity contribution in [2.45, 2.75) is 37.0 Å². The minimum atomic E-state index is -3.63. The summed E-state index contributed by atoms with van der Waals surface area (Å²) in [6.07, 6.45) is 5.59. The molecule has 7 heteroatoms. The number of likely N-dealkylation sites (tertiary alicyclic amines) is 1. The standard InChI is InChI=1S/C15H24N4O2S/c16-15(19-11-3-1-2-4-12-19)18-10-9-13-5-7-14(8-6-13)22(17,20)21/h5-8H,1-4,9-12H2,(H2,16,18)(H2,17,20,21). The molecule has 1 saturated heterocycles. The normalized spacial score (nSPS) is 17.3. The van der Waals surface area contributed by atoms with Crippen molar-refractivity contribution in [3.05, 3.63) is 29.8 Å². The van der Waals surface area contributed by atoms with Crippen LogP contribution in [-0.2, 0) is 16.4 Å². The van der Waals surface area contributed by atoms with Crippen molar-refractivity contribution in [2.24, 2.45) is 15.9 Å². The van der Waals surface area contributed by atoms with Crippen LogP contribution < -0.4 is 10.9 Å². The topological polar surface area (TPSA) is 102 Å². The monoisotopic (exact) mass is 324 g/mol. The van der Waals surface area contributed by atoms with E-state index >= 15 is 0 Å². The fraction of sp³-hybridized carbons (Fsp3) is 0.533. The molecule has 1 aliphatic heterocycles. The fourth-order valence-electron chi connectivity index (χ4n) is 2.55. The van der Waals surface area contributed by atoms with Crippen LogP contribution >= 0.6 is 0 Å². The Bertz CT molecular complexity index is 603. The summed E-state index contributed by atoms with van der Waals surface area (Å²) in [4.78, 5) is 6.71. The van der Waals surface area contributed by atoms with Crippen molar-refractivity contribution in [3.63, 3.8) is 0 Å². The van der Waals surface area contributed by atoms with Crippen molar-refractivity contribution in [1.29, 1.82) is 0 Å². The third-order valence-corrected chi connectivity index (χ3v) is 4.79. The Morgan fingerprint density at radius 3 is 2.23 bits per heavy atom. The summed E-state index contributed by atoms with van der Waals surface area (Å²) in [6.45, 7) is 2.56. The lowest BCUT2D eigenvalue weighted by Crippen LogP contribution is -2.38. The maximum atomic E-state index is 11.2. The Kier molecular flexibility index (Phi) is 5.79. The molecule has 0 aromatic heterocycles. The van der Waals surface area contributed by atoms with E-state index in [2.05, 4.69) is 9.89 Å². The molecule has 6 nitrogen and oxygen atoms in total. The molecule has 4 N–H and O–H groups in total. The third-order valence-electron chi connectivity index (χ3n) is 3.86. The molecule has 0 bridgehead atoms. The van der Waals surface area contributed by atoms with E-state index in [-0.39, 0.29) is 4.90 Å². The zero-order valence-corrected chi connectivity index (χ0v) is 13.6. The Labute approximate surface area is 132 Å². The predicted molar refractivity (Wildman–Crippen MR) is 88.0 cm³/mol. The van der Waals surface area contributed by atoms with Crippen LogP contribution in [0, 0.1) is 0 Å². The van der Waals surface area contributed by atoms with Gasteiger partial charge in [0.05, 0.1) is 4.90 Å². The van der Waals surface area contributed by atoms with Gasteiger partial charge in [0.15, 0.2) is 5.96 Å². The Hall–Kier alpha value is -1.60. The highest BCUT2D eigenvalue weighted by atomic mass is 32.2. The lowest BCUT2D eigenvalue weighted by atomic mass is 10.1. The number of benzene rings is 1. The summed E-state index contributed by atoms with van der Waals surface area (Å²) >= 11 is 0. The van der Waals surface area contributed by atoms with Gasteiger partial charge in [-0.15, -0.1) is 0 Å². The molecule has 0 radical (unpaired) electrons. The first-order chi connectivity index (χ1) is 10.5. The van der Waals surface area contributed by atoms with Gasteiger partial charge < -0.3 is 10.6 Å². The molecule has 22 heavy (non-hydrogen) atoms. The van der Waals surface area contributed by atoms with E-state index in [0.717, 1.165) is 25.1 Å². The second-order valence-electron chi connectivity index (χ2n) is 5.58. The van der Waals surface area contributed by atoms with E-state index in [1.54, 1.807) is 12.1 Å². The highest BCUT2D eigenvalue weighted by Gasteiger charge is 2.10. The minimum Gasteiger partial charge on any atom is -0.370 e. The van der Waals surface area contributed by atoms with E-state index < -0.39 is 10.0 Å². The molecule has 1 aromatic carbocycles. The summed E-state index contributed by atoms with van der Waals surface area (Å²) in [6, 6.07) is 6.56. The smallest absolute Gasteiger partial charge is 0.238 e. The molecule has 0 amide bonds. The van der Waals surface area contributed by atoms with Gasteiger partial charge in [0.1, 0.15) is 0 Å². The maximum absolute atomic E-state index is 11.2. The first-order valence-corrected chi connectivity index (χ1v) is 9.18. The molecule has 0 saturated carbocycles. The molecule has 0 atom stereocenters. The van der Waals surface area contributed by atoms with Crippen LogP contribution in [0.2, 0.25) is 0 Å². The number of guanidine groups is 1. The largest absolute Gasteiger partial charge is 0.370 e. The van der Waals surface area contributed by atoms with Crippen LogP contribution in [-0.4, -0.2) is 38.9 Å². The molecule has 1 heterocycles. The number of hydrogen-bond donors (Lipinski definition) is 2. The molecule has 2 rings (SSSR count). The van der Waals surface area contributed by atoms with E-state index in [4.69, 9.17) is 10.9 Å². The Morgan fingerprint density at radius 2 is 1.68 bits per heavy atom. The number of nitrogens with two attached hydrogens (primary N) is 2. The number of aliphatic imine (C=N–C) groups is 1. The lowest BCUT2D eigenvalue weighted by molar-refractivity contribution is 0.428. The average molecular weight is 324 g/mol. The maximum Gasteiger partial charge on any atom is 0.238 e. The van der Waals surface area contributed by atoms with Gasteiger partial charge in [-0.05, 0) is 37.0 Å². The SMILES string of the molecule is NC(=NCCc1ccc(S(N)(=O)=O)cc1)N1CCCCCC1. The van der Waals surface area contributed by atoms with Gasteiger partial charge in [0.25, 0.3) is 0 Å². The molecule has 0 unspecified atom stereocenters. The number of primary sulfonamides is 1. The zero-order chi connectivity index (χ0) is 16.0. The van der Waals surface area contributed by atoms with Gasteiger partial charge in [-0.1, -0.05) is 25.0 Å². The number of sulfonamides is 1. The van der Waals surface area contributed by atoms with Gasteiger partial charge in [0.2, 0.25) is 10.0 Å². The van der Waals surface area contributed by atoms with Crippen molar-refractivity contribution >= 4 is 16.0 Å². The van der Waals surface area contributed by atoms with Crippen molar-refractivity contribution in [3.8, 4) is 0 Å². The van der Waals surface area contributed by atoms with Crippen LogP contribution in [0.25, 0.3) is 0 Å². The van der Waals surface area contributed by atoms with Crippen molar-refractivity contribution in [1.82, 2.24) is 4.90 Å². The molecular weight excluding hydrogens is 300 g/mol. The second-order valence-corrected chi connectivity index (χ2v) is 7.14. The molecule has 0 spiro atoms. The summed E-state index contributed by atoms with van der Waals surface area (Å²) in [7, 11) is -3.63. The molecule has 0 aliphatic carbocycles. The molecule has 1 fully saturated rings. The molecule has 122 valence electrons. The minimum absolute atomic E-state index is 0.129. The number of nitrogens with zero attached hydrogens (tertiary/aromatic N) is 2. The summed E-state index contributed by atoms with van der Waals surface area (Å²) < 4.78 is 22.4. The summed E-state index contributed by atoms with van der Waals surface area (Å²) in [5.41, 5.74) is 7.06. The van der Waals surface area contributed by atoms with Crippen LogP contribution in [0.15, 0.2) is 34.2 Å². The van der Waals surface area contributed by atoms with Gasteiger partial charge in [-0.3, -0.25) is 4.99 Å². The Balaban J connectivity index is 1.88. The first-order valence-electron chi connectivity index (χ1n) is 7.63. The number of hydrogen-bond acceptors (Lipinski definition) is 3. The van der Waals surface area contributed by atoms with Gasteiger partial charge in [-0.2, -0.15) is 0 Å². The number of rotatable bonds is 4. The molecule has 1 aromatic rings. The van der Waals surface area contributed by atoms with E-state index in [0.29, 0.717) is 12.5 Å². The average Bonchev–Trinajstić information content (AvgIpc) is 2.76. The van der Waals surface area contributed by atoms with Gasteiger partial charge in [0, 0.05) is 19.6 Å². The van der Waals surface area contributed by atoms with Crippen molar-refractivity contribution in [2.75, 3.05) is 19.6 Å². The van der Waals surface area contributed by atoms with E-state index in [1.165, 1.54) is 37.8 Å².